The van der Waals surface area contributed by atoms with Crippen LogP contribution < -0.4 is 4.74 Å². The van der Waals surface area contributed by atoms with Crippen LogP contribution in [0.5, 0.6) is 5.75 Å². The number of pyridine rings is 1. The maximum absolute atomic E-state index is 11.0. The van der Waals surface area contributed by atoms with Gasteiger partial charge in [-0.05, 0) is 49.1 Å². The number of hydrogen-bond acceptors (Lipinski definition) is 4. The summed E-state index contributed by atoms with van der Waals surface area (Å²) in [6.07, 6.45) is 5.63. The number of ether oxygens (including phenoxy) is 1. The summed E-state index contributed by atoms with van der Waals surface area (Å²) in [5, 5.41) is 11.2. The minimum Gasteiger partial charge on any atom is -0.486 e. The van der Waals surface area contributed by atoms with E-state index in [1.54, 1.807) is 19.1 Å². The molecule has 1 saturated carbocycles. The lowest BCUT2D eigenvalue weighted by Crippen LogP contribution is -2.12. The molecule has 1 aliphatic rings. The minimum atomic E-state index is -0.812. The van der Waals surface area contributed by atoms with Gasteiger partial charge in [-0.25, -0.2) is 4.98 Å². The van der Waals surface area contributed by atoms with Crippen LogP contribution >= 0.6 is 23.4 Å². The number of thioether (sulfide) groups is 1. The molecule has 0 spiro atoms. The second-order valence-electron chi connectivity index (χ2n) is 6.99. The van der Waals surface area contributed by atoms with Gasteiger partial charge in [-0.15, -0.1) is 11.8 Å². The first-order valence-electron chi connectivity index (χ1n) is 9.28. The van der Waals surface area contributed by atoms with Gasteiger partial charge in [0.05, 0.1) is 21.7 Å². The number of nitrogens with zero attached hydrogens (tertiary/aromatic N) is 1. The van der Waals surface area contributed by atoms with Gasteiger partial charge < -0.3 is 9.84 Å². The molecule has 0 aliphatic heterocycles. The molecule has 144 valence electrons. The Morgan fingerprint density at radius 2 is 2.11 bits per heavy atom. The summed E-state index contributed by atoms with van der Waals surface area (Å²) < 4.78 is 5.84. The van der Waals surface area contributed by atoms with Crippen LogP contribution in [0.3, 0.4) is 0 Å². The second-order valence-corrected chi connectivity index (χ2v) is 8.72. The molecule has 1 aromatic heterocycles. The maximum Gasteiger partial charge on any atom is 0.306 e. The molecule has 1 N–H and O–H groups in total. The second kappa shape index (κ2) is 9.47. The zero-order chi connectivity index (χ0) is 19.2. The van der Waals surface area contributed by atoms with Crippen molar-refractivity contribution in [1.82, 2.24) is 4.98 Å². The molecule has 1 heterocycles. The summed E-state index contributed by atoms with van der Waals surface area (Å²) in [6, 6.07) is 11.5. The molecule has 6 heteroatoms. The number of carbonyl (C=O) groups is 1. The third kappa shape index (κ3) is 5.88. The number of carboxylic acids is 1. The number of carboxylic acid groups (broad SMARTS) is 1. The van der Waals surface area contributed by atoms with E-state index in [9.17, 15) is 4.79 Å². The van der Waals surface area contributed by atoms with Crippen LogP contribution in [0.2, 0.25) is 5.02 Å². The smallest absolute Gasteiger partial charge is 0.306 e. The predicted octanol–water partition coefficient (Wildman–Crippen LogP) is 5.61. The molecule has 0 saturated heterocycles. The van der Waals surface area contributed by atoms with Crippen molar-refractivity contribution in [3.8, 4) is 5.75 Å². The van der Waals surface area contributed by atoms with Crippen LogP contribution in [0, 0.1) is 5.92 Å². The largest absolute Gasteiger partial charge is 0.486 e. The van der Waals surface area contributed by atoms with Crippen molar-refractivity contribution in [1.29, 1.82) is 0 Å². The Morgan fingerprint density at radius 1 is 1.33 bits per heavy atom. The molecule has 1 fully saturated rings. The van der Waals surface area contributed by atoms with E-state index in [-0.39, 0.29) is 0 Å². The zero-order valence-electron chi connectivity index (χ0n) is 15.4. The summed E-state index contributed by atoms with van der Waals surface area (Å²) >= 11 is 8.17. The van der Waals surface area contributed by atoms with Gasteiger partial charge in [0, 0.05) is 5.25 Å². The predicted molar refractivity (Wildman–Crippen MR) is 109 cm³/mol. The first-order valence-corrected chi connectivity index (χ1v) is 10.5. The SMILES string of the molecule is CC(Cc1ccc(OCc2cccc(SC3CCCC3)n2)c(Cl)c1)C(=O)O. The summed E-state index contributed by atoms with van der Waals surface area (Å²) in [5.74, 6) is -0.677. The van der Waals surface area contributed by atoms with Gasteiger partial charge in [-0.2, -0.15) is 0 Å². The van der Waals surface area contributed by atoms with Crippen molar-refractivity contribution in [3.05, 3.63) is 52.7 Å². The molecule has 1 aromatic carbocycles. The van der Waals surface area contributed by atoms with Crippen molar-refractivity contribution in [2.45, 2.75) is 55.9 Å². The standard InChI is InChI=1S/C21H24ClNO3S/c1-14(21(24)25)11-15-9-10-19(18(22)12-15)26-13-16-5-4-8-20(23-16)27-17-6-2-3-7-17/h4-5,8-10,12,14,17H,2-3,6-7,11,13H2,1H3,(H,24,25). The van der Waals surface area contributed by atoms with Crippen LogP contribution in [0.25, 0.3) is 0 Å². The fraction of sp³-hybridized carbons (Fsp3) is 0.429. The highest BCUT2D eigenvalue weighted by Gasteiger charge is 2.17. The summed E-state index contributed by atoms with van der Waals surface area (Å²) in [6.45, 7) is 2.03. The fourth-order valence-electron chi connectivity index (χ4n) is 3.16. The van der Waals surface area contributed by atoms with Gasteiger partial charge in [0.15, 0.2) is 0 Å². The van der Waals surface area contributed by atoms with Crippen molar-refractivity contribution in [3.63, 3.8) is 0 Å². The van der Waals surface area contributed by atoms with Crippen LogP contribution in [0.1, 0.15) is 43.9 Å². The van der Waals surface area contributed by atoms with Gasteiger partial charge >= 0.3 is 5.97 Å². The van der Waals surface area contributed by atoms with E-state index in [2.05, 4.69) is 11.1 Å². The van der Waals surface area contributed by atoms with Crippen molar-refractivity contribution in [2.24, 2.45) is 5.92 Å². The topological polar surface area (TPSA) is 59.4 Å². The van der Waals surface area contributed by atoms with E-state index >= 15 is 0 Å². The lowest BCUT2D eigenvalue weighted by molar-refractivity contribution is -0.141. The van der Waals surface area contributed by atoms with E-state index < -0.39 is 11.9 Å². The third-order valence-electron chi connectivity index (χ3n) is 4.71. The molecule has 0 amide bonds. The van der Waals surface area contributed by atoms with Gasteiger partial charge in [0.1, 0.15) is 12.4 Å². The van der Waals surface area contributed by atoms with Gasteiger partial charge in [-0.1, -0.05) is 43.5 Å². The van der Waals surface area contributed by atoms with Crippen molar-refractivity contribution >= 4 is 29.3 Å². The van der Waals surface area contributed by atoms with Crippen LogP contribution in [-0.2, 0) is 17.8 Å². The number of halogens is 1. The van der Waals surface area contributed by atoms with E-state index in [1.807, 2.05) is 30.0 Å². The van der Waals surface area contributed by atoms with Crippen LogP contribution in [0.4, 0.5) is 0 Å². The summed E-state index contributed by atoms with van der Waals surface area (Å²) in [5.41, 5.74) is 1.76. The summed E-state index contributed by atoms with van der Waals surface area (Å²) in [7, 11) is 0. The van der Waals surface area contributed by atoms with Crippen LogP contribution in [0.15, 0.2) is 41.4 Å². The Balaban J connectivity index is 1.58. The average molecular weight is 406 g/mol. The van der Waals surface area contributed by atoms with E-state index in [0.717, 1.165) is 16.3 Å². The number of aliphatic carboxylic acids is 1. The van der Waals surface area contributed by atoms with Crippen molar-refractivity contribution < 1.29 is 14.6 Å². The van der Waals surface area contributed by atoms with Crippen LogP contribution in [-0.4, -0.2) is 21.3 Å². The molecule has 3 rings (SSSR count). The van der Waals surface area contributed by atoms with Gasteiger partial charge in [0.25, 0.3) is 0 Å². The first kappa shape index (κ1) is 20.0. The van der Waals surface area contributed by atoms with Gasteiger partial charge in [-0.3, -0.25) is 4.79 Å². The molecule has 27 heavy (non-hydrogen) atoms. The third-order valence-corrected chi connectivity index (χ3v) is 6.28. The zero-order valence-corrected chi connectivity index (χ0v) is 16.9. The van der Waals surface area contributed by atoms with Gasteiger partial charge in [0.2, 0.25) is 0 Å². The monoisotopic (exact) mass is 405 g/mol. The lowest BCUT2D eigenvalue weighted by Gasteiger charge is -2.12. The molecule has 2 aromatic rings. The van der Waals surface area contributed by atoms with Crippen molar-refractivity contribution in [2.75, 3.05) is 0 Å². The molecule has 1 atom stereocenters. The Labute approximate surface area is 169 Å². The summed E-state index contributed by atoms with van der Waals surface area (Å²) in [4.78, 5) is 15.7. The van der Waals surface area contributed by atoms with E-state index in [4.69, 9.17) is 21.4 Å². The molecular formula is C21H24ClNO3S. The molecule has 4 nitrogen and oxygen atoms in total. The number of benzene rings is 1. The molecule has 1 aliphatic carbocycles. The van der Waals surface area contributed by atoms with E-state index in [1.165, 1.54) is 25.7 Å². The quantitative estimate of drug-likeness (QED) is 0.618. The Morgan fingerprint density at radius 3 is 2.81 bits per heavy atom. The first-order chi connectivity index (χ1) is 13.0. The molecular weight excluding hydrogens is 382 g/mol. The Kier molecular flexibility index (Phi) is 7.02. The highest BCUT2D eigenvalue weighted by molar-refractivity contribution is 7.99. The lowest BCUT2D eigenvalue weighted by atomic mass is 10.0. The normalized spacial score (nSPS) is 15.6. The van der Waals surface area contributed by atoms with E-state index in [0.29, 0.717) is 29.0 Å². The Hall–Kier alpha value is -1.72. The highest BCUT2D eigenvalue weighted by Crippen LogP contribution is 2.34. The number of hydrogen-bond donors (Lipinski definition) is 1. The Bertz CT molecular complexity index is 793. The minimum absolute atomic E-state index is 0.351. The fourth-order valence-corrected chi connectivity index (χ4v) is 4.66. The number of rotatable bonds is 8. The molecule has 0 bridgehead atoms. The molecule has 0 radical (unpaired) electrons. The maximum atomic E-state index is 11.0. The molecule has 1 unspecified atom stereocenters. The highest BCUT2D eigenvalue weighted by atomic mass is 35.5. The average Bonchev–Trinajstić information content (AvgIpc) is 3.14. The number of aromatic nitrogens is 1.